The van der Waals surface area contributed by atoms with Gasteiger partial charge in [0.2, 0.25) is 5.91 Å². The Labute approximate surface area is 129 Å². The molecule has 4 unspecified atom stereocenters. The van der Waals surface area contributed by atoms with Crippen molar-refractivity contribution in [1.29, 1.82) is 0 Å². The molecule has 0 heterocycles. The van der Waals surface area contributed by atoms with E-state index in [9.17, 15) is 4.79 Å². The van der Waals surface area contributed by atoms with E-state index in [0.717, 1.165) is 12.3 Å². The zero-order valence-electron chi connectivity index (χ0n) is 14.3. The highest BCUT2D eigenvalue weighted by atomic mass is 16.5. The van der Waals surface area contributed by atoms with Gasteiger partial charge in [0, 0.05) is 26.3 Å². The molecule has 2 bridgehead atoms. The monoisotopic (exact) mass is 296 g/mol. The molecule has 4 atom stereocenters. The third-order valence-electron chi connectivity index (χ3n) is 5.90. The molecule has 1 amide bonds. The second-order valence-electron chi connectivity index (χ2n) is 7.87. The highest BCUT2D eigenvalue weighted by Crippen LogP contribution is 2.62. The van der Waals surface area contributed by atoms with E-state index < -0.39 is 0 Å². The standard InChI is InChI=1S/C17H32N2O2/c1-12(14(20)18-9-6-10-21-5)19-15-16(2,3)13-7-8-17(15,4)11-13/h12-13,15,19H,6-11H2,1-5H3,(H,18,20). The van der Waals surface area contributed by atoms with Crippen LogP contribution < -0.4 is 10.6 Å². The van der Waals surface area contributed by atoms with Gasteiger partial charge in [0.05, 0.1) is 6.04 Å². The molecule has 4 heteroatoms. The molecule has 0 saturated heterocycles. The minimum Gasteiger partial charge on any atom is -0.385 e. The zero-order valence-corrected chi connectivity index (χ0v) is 14.3. The lowest BCUT2D eigenvalue weighted by molar-refractivity contribution is -0.123. The summed E-state index contributed by atoms with van der Waals surface area (Å²) in [5.74, 6) is 0.908. The highest BCUT2D eigenvalue weighted by molar-refractivity contribution is 5.81. The molecule has 21 heavy (non-hydrogen) atoms. The molecule has 0 aromatic heterocycles. The largest absolute Gasteiger partial charge is 0.385 e. The van der Waals surface area contributed by atoms with E-state index in [1.54, 1.807) is 7.11 Å². The van der Waals surface area contributed by atoms with Crippen LogP contribution in [0.3, 0.4) is 0 Å². The van der Waals surface area contributed by atoms with Gasteiger partial charge in [0.1, 0.15) is 0 Å². The lowest BCUT2D eigenvalue weighted by Crippen LogP contribution is -2.56. The van der Waals surface area contributed by atoms with Crippen LogP contribution in [0.4, 0.5) is 0 Å². The molecule has 2 fully saturated rings. The summed E-state index contributed by atoms with van der Waals surface area (Å²) in [6.07, 6.45) is 4.81. The first-order valence-corrected chi connectivity index (χ1v) is 8.34. The second-order valence-corrected chi connectivity index (χ2v) is 7.87. The smallest absolute Gasteiger partial charge is 0.236 e. The average Bonchev–Trinajstić information content (AvgIpc) is 2.90. The molecule has 0 radical (unpaired) electrons. The van der Waals surface area contributed by atoms with Crippen LogP contribution in [0.5, 0.6) is 0 Å². The van der Waals surface area contributed by atoms with Gasteiger partial charge >= 0.3 is 0 Å². The van der Waals surface area contributed by atoms with E-state index >= 15 is 0 Å². The van der Waals surface area contributed by atoms with Gasteiger partial charge in [-0.05, 0) is 49.4 Å². The van der Waals surface area contributed by atoms with Gasteiger partial charge in [0.15, 0.2) is 0 Å². The van der Waals surface area contributed by atoms with Gasteiger partial charge in [-0.25, -0.2) is 0 Å². The number of rotatable bonds is 7. The Morgan fingerprint density at radius 2 is 2.10 bits per heavy atom. The number of hydrogen-bond acceptors (Lipinski definition) is 3. The molecule has 2 aliphatic carbocycles. The summed E-state index contributed by atoms with van der Waals surface area (Å²) in [4.78, 5) is 12.2. The van der Waals surface area contributed by atoms with Crippen molar-refractivity contribution in [2.75, 3.05) is 20.3 Å². The quantitative estimate of drug-likeness (QED) is 0.709. The van der Waals surface area contributed by atoms with Crippen LogP contribution in [-0.2, 0) is 9.53 Å². The van der Waals surface area contributed by atoms with Crippen LogP contribution in [0.2, 0.25) is 0 Å². The normalized spacial score (nSPS) is 34.9. The Kier molecular flexibility index (Phi) is 4.99. The topological polar surface area (TPSA) is 50.4 Å². The number of fused-ring (bicyclic) bond motifs is 2. The minimum absolute atomic E-state index is 0.105. The predicted octanol–water partition coefficient (Wildman–Crippen LogP) is 2.33. The first kappa shape index (κ1) is 16.8. The Hall–Kier alpha value is -0.610. The summed E-state index contributed by atoms with van der Waals surface area (Å²) in [6.45, 7) is 10.5. The molecule has 122 valence electrons. The van der Waals surface area contributed by atoms with Crippen molar-refractivity contribution >= 4 is 5.91 Å². The number of nitrogens with one attached hydrogen (secondary N) is 2. The van der Waals surface area contributed by atoms with Crippen molar-refractivity contribution < 1.29 is 9.53 Å². The second kappa shape index (κ2) is 6.25. The number of amides is 1. The van der Waals surface area contributed by atoms with Crippen LogP contribution >= 0.6 is 0 Å². The maximum atomic E-state index is 12.2. The van der Waals surface area contributed by atoms with Crippen LogP contribution in [0.25, 0.3) is 0 Å². The molecule has 2 saturated carbocycles. The Bertz CT molecular complexity index is 378. The molecule has 2 N–H and O–H groups in total. The van der Waals surface area contributed by atoms with Crippen molar-refractivity contribution in [2.45, 2.75) is 65.5 Å². The molecule has 0 aromatic carbocycles. The van der Waals surface area contributed by atoms with Crippen molar-refractivity contribution in [3.05, 3.63) is 0 Å². The maximum Gasteiger partial charge on any atom is 0.236 e. The average molecular weight is 296 g/mol. The zero-order chi connectivity index (χ0) is 15.7. The van der Waals surface area contributed by atoms with Gasteiger partial charge < -0.3 is 15.4 Å². The van der Waals surface area contributed by atoms with Crippen LogP contribution in [0.1, 0.15) is 53.4 Å². The third kappa shape index (κ3) is 3.26. The van der Waals surface area contributed by atoms with E-state index in [2.05, 4.69) is 31.4 Å². The first-order valence-electron chi connectivity index (χ1n) is 8.34. The molecule has 0 aliphatic heterocycles. The minimum atomic E-state index is -0.131. The fourth-order valence-electron chi connectivity index (χ4n) is 4.62. The summed E-state index contributed by atoms with van der Waals surface area (Å²) in [5.41, 5.74) is 0.649. The van der Waals surface area contributed by atoms with Gasteiger partial charge in [-0.15, -0.1) is 0 Å². The van der Waals surface area contributed by atoms with E-state index in [1.807, 2.05) is 6.92 Å². The molecular weight excluding hydrogens is 264 g/mol. The van der Waals surface area contributed by atoms with E-state index in [-0.39, 0.29) is 17.4 Å². The Morgan fingerprint density at radius 3 is 2.67 bits per heavy atom. The van der Waals surface area contributed by atoms with Crippen LogP contribution in [0.15, 0.2) is 0 Å². The molecule has 0 aromatic rings. The van der Waals surface area contributed by atoms with Crippen LogP contribution in [0, 0.1) is 16.7 Å². The van der Waals surface area contributed by atoms with E-state index in [0.29, 0.717) is 24.6 Å². The number of carbonyl (C=O) groups is 1. The van der Waals surface area contributed by atoms with E-state index in [4.69, 9.17) is 4.74 Å². The predicted molar refractivity (Wildman–Crippen MR) is 85.1 cm³/mol. The molecule has 2 rings (SSSR count). The summed E-state index contributed by atoms with van der Waals surface area (Å²) in [7, 11) is 1.68. The number of methoxy groups -OCH3 is 1. The molecule has 4 nitrogen and oxygen atoms in total. The lowest BCUT2D eigenvalue weighted by Gasteiger charge is -2.44. The van der Waals surface area contributed by atoms with Crippen molar-refractivity contribution in [3.8, 4) is 0 Å². The fourth-order valence-corrected chi connectivity index (χ4v) is 4.62. The number of ether oxygens (including phenoxy) is 1. The van der Waals surface area contributed by atoms with Gasteiger partial charge in [-0.1, -0.05) is 20.8 Å². The Morgan fingerprint density at radius 1 is 1.38 bits per heavy atom. The van der Waals surface area contributed by atoms with Gasteiger partial charge in [-0.3, -0.25) is 4.79 Å². The summed E-state index contributed by atoms with van der Waals surface area (Å²) < 4.78 is 5.00. The highest BCUT2D eigenvalue weighted by Gasteiger charge is 2.59. The third-order valence-corrected chi connectivity index (χ3v) is 5.90. The molecule has 0 spiro atoms. The van der Waals surface area contributed by atoms with Crippen LogP contribution in [-0.4, -0.2) is 38.3 Å². The summed E-state index contributed by atoms with van der Waals surface area (Å²) >= 11 is 0. The SMILES string of the molecule is COCCCNC(=O)C(C)NC1C2(C)CCC(C2)C1(C)C. The molecular formula is C17H32N2O2. The van der Waals surface area contributed by atoms with Gasteiger partial charge in [0.25, 0.3) is 0 Å². The first-order chi connectivity index (χ1) is 9.81. The summed E-state index contributed by atoms with van der Waals surface area (Å²) in [6, 6.07) is 0.302. The lowest BCUT2D eigenvalue weighted by atomic mass is 9.68. The van der Waals surface area contributed by atoms with E-state index in [1.165, 1.54) is 19.3 Å². The van der Waals surface area contributed by atoms with Crippen molar-refractivity contribution in [2.24, 2.45) is 16.7 Å². The number of hydrogen-bond donors (Lipinski definition) is 2. The summed E-state index contributed by atoms with van der Waals surface area (Å²) in [5, 5.41) is 6.63. The Balaban J connectivity index is 1.87. The van der Waals surface area contributed by atoms with Crippen molar-refractivity contribution in [3.63, 3.8) is 0 Å². The van der Waals surface area contributed by atoms with Crippen molar-refractivity contribution in [1.82, 2.24) is 10.6 Å². The molecule has 2 aliphatic rings. The number of carbonyl (C=O) groups excluding carboxylic acids is 1. The van der Waals surface area contributed by atoms with Gasteiger partial charge in [-0.2, -0.15) is 0 Å². The fraction of sp³-hybridized carbons (Fsp3) is 0.941. The maximum absolute atomic E-state index is 12.2.